The number of benzene rings is 1. The Labute approximate surface area is 97.7 Å². The molecule has 4 nitrogen and oxygen atoms in total. The van der Waals surface area contributed by atoms with E-state index in [0.717, 1.165) is 17.1 Å². The molecule has 1 N–H and O–H groups in total. The lowest BCUT2D eigenvalue weighted by atomic mass is 10.3. The predicted octanol–water partition coefficient (Wildman–Crippen LogP) is 2.63. The van der Waals surface area contributed by atoms with Crippen molar-refractivity contribution in [3.63, 3.8) is 0 Å². The van der Waals surface area contributed by atoms with E-state index >= 15 is 0 Å². The van der Waals surface area contributed by atoms with E-state index in [4.69, 9.17) is 4.52 Å². The van der Waals surface area contributed by atoms with Gasteiger partial charge in [0, 0.05) is 11.3 Å². The summed E-state index contributed by atoms with van der Waals surface area (Å²) in [6.45, 7) is 1.98. The highest BCUT2D eigenvalue weighted by molar-refractivity contribution is 7.98. The molecule has 0 amide bonds. The number of aromatic nitrogens is 2. The monoisotopic (exact) mass is 236 g/mol. The van der Waals surface area contributed by atoms with Crippen LogP contribution in [0.4, 0.5) is 0 Å². The molecule has 0 aliphatic carbocycles. The third kappa shape index (κ3) is 2.76. The summed E-state index contributed by atoms with van der Waals surface area (Å²) in [5.74, 6) is 2.23. The average Bonchev–Trinajstić information content (AvgIpc) is 2.74. The normalized spacial score (nSPS) is 10.6. The van der Waals surface area contributed by atoms with Crippen LogP contribution in [0.25, 0.3) is 0 Å². The molecule has 0 unspecified atom stereocenters. The molecule has 0 aliphatic heterocycles. The Morgan fingerprint density at radius 2 is 2.31 bits per heavy atom. The van der Waals surface area contributed by atoms with Gasteiger partial charge in [0.2, 0.25) is 5.89 Å². The maximum absolute atomic E-state index is 9.29. The van der Waals surface area contributed by atoms with Crippen LogP contribution in [0, 0.1) is 0 Å². The summed E-state index contributed by atoms with van der Waals surface area (Å²) in [6.07, 6.45) is 0.778. The van der Waals surface area contributed by atoms with Gasteiger partial charge in [-0.05, 0) is 18.2 Å². The lowest BCUT2D eigenvalue weighted by Gasteiger charge is -1.98. The summed E-state index contributed by atoms with van der Waals surface area (Å²) >= 11 is 1.56. The second kappa shape index (κ2) is 5.03. The van der Waals surface area contributed by atoms with Crippen molar-refractivity contribution < 1.29 is 9.63 Å². The second-order valence-corrected chi connectivity index (χ2v) is 4.29. The predicted molar refractivity (Wildman–Crippen MR) is 61.3 cm³/mol. The summed E-state index contributed by atoms with van der Waals surface area (Å²) in [4.78, 5) is 5.19. The van der Waals surface area contributed by atoms with E-state index < -0.39 is 0 Å². The zero-order valence-electron chi connectivity index (χ0n) is 8.88. The molecular weight excluding hydrogens is 224 g/mol. The Morgan fingerprint density at radius 1 is 1.44 bits per heavy atom. The summed E-state index contributed by atoms with van der Waals surface area (Å²) in [5, 5.41) is 13.1. The fourth-order valence-electron chi connectivity index (χ4n) is 1.21. The van der Waals surface area contributed by atoms with Crippen LogP contribution < -0.4 is 0 Å². The number of aromatic hydroxyl groups is 1. The molecule has 1 heterocycles. The van der Waals surface area contributed by atoms with Crippen molar-refractivity contribution >= 4 is 11.8 Å². The van der Waals surface area contributed by atoms with Gasteiger partial charge in [-0.15, -0.1) is 11.8 Å². The maximum Gasteiger partial charge on any atom is 0.237 e. The van der Waals surface area contributed by atoms with Gasteiger partial charge < -0.3 is 9.63 Å². The minimum Gasteiger partial charge on any atom is -0.508 e. The van der Waals surface area contributed by atoms with E-state index in [1.807, 2.05) is 19.1 Å². The number of hydrogen-bond acceptors (Lipinski definition) is 5. The number of hydrogen-bond donors (Lipinski definition) is 1. The fourth-order valence-corrected chi connectivity index (χ4v) is 2.00. The molecule has 0 bridgehead atoms. The molecule has 1 aromatic heterocycles. The van der Waals surface area contributed by atoms with Crippen molar-refractivity contribution in [3.8, 4) is 5.75 Å². The van der Waals surface area contributed by atoms with Gasteiger partial charge in [0.05, 0.1) is 5.75 Å². The fraction of sp³-hybridized carbons (Fsp3) is 0.273. The molecular formula is C11H12N2O2S. The SMILES string of the molecule is CCc1noc(CSc2cccc(O)c2)n1. The zero-order valence-corrected chi connectivity index (χ0v) is 9.70. The van der Waals surface area contributed by atoms with Gasteiger partial charge >= 0.3 is 0 Å². The van der Waals surface area contributed by atoms with Crippen molar-refractivity contribution in [2.24, 2.45) is 0 Å². The van der Waals surface area contributed by atoms with Crippen LogP contribution in [-0.4, -0.2) is 15.2 Å². The van der Waals surface area contributed by atoms with Gasteiger partial charge in [-0.25, -0.2) is 0 Å². The first-order valence-electron chi connectivity index (χ1n) is 5.01. The molecule has 2 aromatic rings. The first kappa shape index (κ1) is 11.0. The highest BCUT2D eigenvalue weighted by atomic mass is 32.2. The largest absolute Gasteiger partial charge is 0.508 e. The van der Waals surface area contributed by atoms with Crippen LogP contribution in [0.5, 0.6) is 5.75 Å². The number of phenolic OH excluding ortho intramolecular Hbond substituents is 1. The van der Waals surface area contributed by atoms with E-state index in [9.17, 15) is 5.11 Å². The van der Waals surface area contributed by atoms with Gasteiger partial charge in [-0.3, -0.25) is 0 Å². The van der Waals surface area contributed by atoms with Gasteiger partial charge in [0.1, 0.15) is 5.75 Å². The minimum atomic E-state index is 0.268. The molecule has 0 spiro atoms. The number of thioether (sulfide) groups is 1. The highest BCUT2D eigenvalue weighted by Crippen LogP contribution is 2.24. The van der Waals surface area contributed by atoms with E-state index in [0.29, 0.717) is 11.6 Å². The zero-order chi connectivity index (χ0) is 11.4. The number of phenols is 1. The number of nitrogens with zero attached hydrogens (tertiary/aromatic N) is 2. The van der Waals surface area contributed by atoms with Crippen molar-refractivity contribution in [1.29, 1.82) is 0 Å². The molecule has 0 fully saturated rings. The average molecular weight is 236 g/mol. The smallest absolute Gasteiger partial charge is 0.237 e. The van der Waals surface area contributed by atoms with E-state index in [-0.39, 0.29) is 5.75 Å². The van der Waals surface area contributed by atoms with Crippen molar-refractivity contribution in [2.45, 2.75) is 24.0 Å². The Kier molecular flexibility index (Phi) is 3.46. The van der Waals surface area contributed by atoms with Gasteiger partial charge in [0.15, 0.2) is 5.82 Å². The Bertz CT molecular complexity index is 471. The quantitative estimate of drug-likeness (QED) is 0.827. The van der Waals surface area contributed by atoms with Crippen molar-refractivity contribution in [1.82, 2.24) is 10.1 Å². The summed E-state index contributed by atoms with van der Waals surface area (Å²) < 4.78 is 5.06. The number of aryl methyl sites for hydroxylation is 1. The molecule has 16 heavy (non-hydrogen) atoms. The Balaban J connectivity index is 1.96. The molecule has 0 radical (unpaired) electrons. The number of rotatable bonds is 4. The van der Waals surface area contributed by atoms with Crippen molar-refractivity contribution in [2.75, 3.05) is 0 Å². The lowest BCUT2D eigenvalue weighted by Crippen LogP contribution is -1.84. The third-order valence-electron chi connectivity index (χ3n) is 2.01. The molecule has 0 saturated heterocycles. The van der Waals surface area contributed by atoms with Crippen LogP contribution in [0.2, 0.25) is 0 Å². The molecule has 1 aromatic carbocycles. The topological polar surface area (TPSA) is 59.2 Å². The van der Waals surface area contributed by atoms with Gasteiger partial charge in [-0.1, -0.05) is 18.1 Å². The van der Waals surface area contributed by atoms with E-state index in [2.05, 4.69) is 10.1 Å². The molecule has 2 rings (SSSR count). The maximum atomic E-state index is 9.29. The van der Waals surface area contributed by atoms with Gasteiger partial charge in [0.25, 0.3) is 0 Å². The van der Waals surface area contributed by atoms with Crippen LogP contribution in [0.1, 0.15) is 18.6 Å². The highest BCUT2D eigenvalue weighted by Gasteiger charge is 2.05. The molecule has 0 atom stereocenters. The van der Waals surface area contributed by atoms with Crippen LogP contribution in [0.15, 0.2) is 33.7 Å². The van der Waals surface area contributed by atoms with Crippen LogP contribution >= 0.6 is 11.8 Å². The van der Waals surface area contributed by atoms with Crippen molar-refractivity contribution in [3.05, 3.63) is 36.0 Å². The molecule has 5 heteroatoms. The standard InChI is InChI=1S/C11H12N2O2S/c1-2-10-12-11(15-13-10)7-16-9-5-3-4-8(14)6-9/h3-6,14H,2,7H2,1H3. The molecule has 84 valence electrons. The molecule has 0 saturated carbocycles. The van der Waals surface area contributed by atoms with E-state index in [1.165, 1.54) is 0 Å². The molecule has 0 aliphatic rings. The van der Waals surface area contributed by atoms with Crippen LogP contribution in [-0.2, 0) is 12.2 Å². The summed E-state index contributed by atoms with van der Waals surface area (Å²) in [6, 6.07) is 7.10. The summed E-state index contributed by atoms with van der Waals surface area (Å²) in [7, 11) is 0. The van der Waals surface area contributed by atoms with Gasteiger partial charge in [-0.2, -0.15) is 4.98 Å². The second-order valence-electron chi connectivity index (χ2n) is 3.24. The lowest BCUT2D eigenvalue weighted by molar-refractivity contribution is 0.385. The first-order chi connectivity index (χ1) is 7.78. The first-order valence-corrected chi connectivity index (χ1v) is 6.00. The minimum absolute atomic E-state index is 0.268. The summed E-state index contributed by atoms with van der Waals surface area (Å²) in [5.41, 5.74) is 0. The van der Waals surface area contributed by atoms with Crippen LogP contribution in [0.3, 0.4) is 0 Å². The van der Waals surface area contributed by atoms with E-state index in [1.54, 1.807) is 23.9 Å². The Hall–Kier alpha value is -1.49. The Morgan fingerprint density at radius 3 is 3.00 bits per heavy atom. The third-order valence-corrected chi connectivity index (χ3v) is 2.98.